The summed E-state index contributed by atoms with van der Waals surface area (Å²) in [4.78, 5) is 9.61. The number of ether oxygens (including phenoxy) is 2. The van der Waals surface area contributed by atoms with Crippen LogP contribution in [0.3, 0.4) is 0 Å². The lowest BCUT2D eigenvalue weighted by atomic mass is 10.1. The number of furan rings is 1. The second kappa shape index (κ2) is 13.4. The third kappa shape index (κ3) is 7.97. The highest BCUT2D eigenvalue weighted by Crippen LogP contribution is 2.15. The van der Waals surface area contributed by atoms with Gasteiger partial charge < -0.3 is 24.1 Å². The molecule has 7 nitrogen and oxygen atoms in total. The fourth-order valence-corrected chi connectivity index (χ4v) is 3.43. The Morgan fingerprint density at radius 2 is 1.93 bits per heavy atom. The van der Waals surface area contributed by atoms with Crippen molar-refractivity contribution in [1.82, 2.24) is 15.1 Å². The van der Waals surface area contributed by atoms with Crippen molar-refractivity contribution in [3.8, 4) is 0 Å². The lowest BCUT2D eigenvalue weighted by Crippen LogP contribution is -2.60. The van der Waals surface area contributed by atoms with E-state index < -0.39 is 0 Å². The fourth-order valence-electron chi connectivity index (χ4n) is 3.43. The first kappa shape index (κ1) is 24.2. The molecule has 0 radical (unpaired) electrons. The van der Waals surface area contributed by atoms with Gasteiger partial charge in [-0.1, -0.05) is 0 Å². The van der Waals surface area contributed by atoms with Crippen LogP contribution in [0.1, 0.15) is 19.6 Å². The van der Waals surface area contributed by atoms with E-state index in [9.17, 15) is 0 Å². The van der Waals surface area contributed by atoms with Crippen molar-refractivity contribution >= 4 is 29.9 Å². The minimum absolute atomic E-state index is 0. The van der Waals surface area contributed by atoms with Crippen molar-refractivity contribution in [3.05, 3.63) is 24.2 Å². The van der Waals surface area contributed by atoms with Crippen molar-refractivity contribution in [2.24, 2.45) is 4.99 Å². The van der Waals surface area contributed by atoms with Gasteiger partial charge in [-0.25, -0.2) is 0 Å². The number of aliphatic imine (C=N–C) groups is 1. The maximum Gasteiger partial charge on any atom is 0.194 e. The van der Waals surface area contributed by atoms with Gasteiger partial charge in [-0.15, -0.1) is 24.0 Å². The van der Waals surface area contributed by atoms with Crippen LogP contribution in [0, 0.1) is 0 Å². The Kier molecular flexibility index (Phi) is 12.0. The number of guanidine groups is 1. The molecule has 0 bridgehead atoms. The van der Waals surface area contributed by atoms with Gasteiger partial charge in [-0.05, 0) is 26.0 Å². The number of rotatable bonds is 9. The first-order chi connectivity index (χ1) is 12.7. The fraction of sp³-hybridized carbons (Fsp3) is 0.737. The molecule has 0 aromatic carbocycles. The molecule has 2 heterocycles. The highest BCUT2D eigenvalue weighted by molar-refractivity contribution is 14.0. The molecule has 2 rings (SSSR count). The maximum atomic E-state index is 5.41. The highest BCUT2D eigenvalue weighted by atomic mass is 127. The van der Waals surface area contributed by atoms with Gasteiger partial charge in [0, 0.05) is 58.9 Å². The zero-order valence-corrected chi connectivity index (χ0v) is 19.3. The number of halogens is 1. The van der Waals surface area contributed by atoms with Crippen molar-refractivity contribution in [3.63, 3.8) is 0 Å². The Morgan fingerprint density at radius 1 is 1.22 bits per heavy atom. The van der Waals surface area contributed by atoms with Gasteiger partial charge in [0.05, 0.1) is 26.0 Å². The third-order valence-corrected chi connectivity index (χ3v) is 4.75. The van der Waals surface area contributed by atoms with Gasteiger partial charge in [-0.3, -0.25) is 9.89 Å². The summed E-state index contributed by atoms with van der Waals surface area (Å²) in [6.45, 7) is 10.3. The SMILES string of the molecule is COCCN=C(NCCc1ccco1)N1CC(C)N(CCOC)C(C)C1.I. The van der Waals surface area contributed by atoms with Crippen LogP contribution < -0.4 is 5.32 Å². The van der Waals surface area contributed by atoms with E-state index in [2.05, 4.69) is 29.0 Å². The predicted octanol–water partition coefficient (Wildman–Crippen LogP) is 2.07. The third-order valence-electron chi connectivity index (χ3n) is 4.75. The van der Waals surface area contributed by atoms with Crippen LogP contribution in [0.2, 0.25) is 0 Å². The summed E-state index contributed by atoms with van der Waals surface area (Å²) in [6.07, 6.45) is 2.56. The molecule has 0 aliphatic carbocycles. The molecule has 0 amide bonds. The van der Waals surface area contributed by atoms with Gasteiger partial charge >= 0.3 is 0 Å². The van der Waals surface area contributed by atoms with Crippen LogP contribution >= 0.6 is 24.0 Å². The molecular formula is C19H35IN4O3. The number of hydrogen-bond acceptors (Lipinski definition) is 5. The van der Waals surface area contributed by atoms with E-state index in [1.165, 1.54) is 0 Å². The Labute approximate surface area is 180 Å². The van der Waals surface area contributed by atoms with E-state index >= 15 is 0 Å². The van der Waals surface area contributed by atoms with E-state index in [0.29, 0.717) is 25.2 Å². The minimum Gasteiger partial charge on any atom is -0.469 e. The Morgan fingerprint density at radius 3 is 2.52 bits per heavy atom. The van der Waals surface area contributed by atoms with Crippen molar-refractivity contribution in [2.75, 3.05) is 60.2 Å². The van der Waals surface area contributed by atoms with E-state index in [1.807, 2.05) is 12.1 Å². The Balaban J connectivity index is 0.00000364. The smallest absolute Gasteiger partial charge is 0.194 e. The largest absolute Gasteiger partial charge is 0.469 e. The van der Waals surface area contributed by atoms with E-state index in [-0.39, 0.29) is 24.0 Å². The zero-order chi connectivity index (χ0) is 18.8. The standard InChI is InChI=1S/C19H34N4O3.HI/c1-16-14-22(15-17(2)23(16)10-13-25-4)19(21-9-12-24-3)20-8-7-18-6-5-11-26-18;/h5-6,11,16-17H,7-10,12-15H2,1-4H3,(H,20,21);1H. The average molecular weight is 494 g/mol. The lowest BCUT2D eigenvalue weighted by molar-refractivity contribution is 0.0443. The monoisotopic (exact) mass is 494 g/mol. The maximum absolute atomic E-state index is 5.41. The van der Waals surface area contributed by atoms with Gasteiger partial charge in [-0.2, -0.15) is 0 Å². The van der Waals surface area contributed by atoms with E-state index in [1.54, 1.807) is 20.5 Å². The van der Waals surface area contributed by atoms with Crippen molar-refractivity contribution in [1.29, 1.82) is 0 Å². The number of piperazine rings is 1. The summed E-state index contributed by atoms with van der Waals surface area (Å²) in [6, 6.07) is 4.83. The van der Waals surface area contributed by atoms with E-state index in [4.69, 9.17) is 18.9 Å². The van der Waals surface area contributed by atoms with Gasteiger partial charge in [0.2, 0.25) is 0 Å². The average Bonchev–Trinajstić information content (AvgIpc) is 3.13. The van der Waals surface area contributed by atoms with Gasteiger partial charge in [0.25, 0.3) is 0 Å². The number of nitrogens with one attached hydrogen (secondary N) is 1. The molecule has 0 saturated carbocycles. The minimum atomic E-state index is 0. The molecule has 1 aromatic heterocycles. The molecule has 1 aliphatic rings. The van der Waals surface area contributed by atoms with Crippen LogP contribution in [-0.2, 0) is 15.9 Å². The van der Waals surface area contributed by atoms with Crippen LogP contribution in [-0.4, -0.2) is 88.0 Å². The Hall–Kier alpha value is -0.840. The first-order valence-electron chi connectivity index (χ1n) is 9.45. The van der Waals surface area contributed by atoms with E-state index in [0.717, 1.165) is 50.9 Å². The molecule has 0 spiro atoms. The first-order valence-corrected chi connectivity index (χ1v) is 9.45. The zero-order valence-electron chi connectivity index (χ0n) is 17.0. The normalized spacial score (nSPS) is 21.2. The Bertz CT molecular complexity index is 515. The molecule has 1 aromatic rings. The lowest BCUT2D eigenvalue weighted by Gasteiger charge is -2.45. The molecule has 1 N–H and O–H groups in total. The van der Waals surface area contributed by atoms with Crippen LogP contribution in [0.25, 0.3) is 0 Å². The summed E-state index contributed by atoms with van der Waals surface area (Å²) in [7, 11) is 3.47. The van der Waals surface area contributed by atoms with Gasteiger partial charge in [0.1, 0.15) is 5.76 Å². The summed E-state index contributed by atoms with van der Waals surface area (Å²) in [5.74, 6) is 1.94. The summed E-state index contributed by atoms with van der Waals surface area (Å²) < 4.78 is 15.8. The molecule has 2 atom stereocenters. The van der Waals surface area contributed by atoms with Gasteiger partial charge in [0.15, 0.2) is 5.96 Å². The topological polar surface area (TPSA) is 62.5 Å². The van der Waals surface area contributed by atoms with Crippen LogP contribution in [0.15, 0.2) is 27.8 Å². The molecule has 1 saturated heterocycles. The molecule has 2 unspecified atom stereocenters. The predicted molar refractivity (Wildman–Crippen MR) is 119 cm³/mol. The number of nitrogens with zero attached hydrogens (tertiary/aromatic N) is 3. The molecule has 156 valence electrons. The summed E-state index contributed by atoms with van der Waals surface area (Å²) in [5, 5.41) is 3.50. The molecule has 8 heteroatoms. The molecule has 27 heavy (non-hydrogen) atoms. The number of hydrogen-bond donors (Lipinski definition) is 1. The van der Waals surface area contributed by atoms with Crippen LogP contribution in [0.5, 0.6) is 0 Å². The molecular weight excluding hydrogens is 459 g/mol. The quantitative estimate of drug-likeness (QED) is 0.246. The number of methoxy groups -OCH3 is 2. The second-order valence-corrected chi connectivity index (χ2v) is 6.79. The van der Waals surface area contributed by atoms with Crippen molar-refractivity contribution < 1.29 is 13.9 Å². The highest BCUT2D eigenvalue weighted by Gasteiger charge is 2.30. The second-order valence-electron chi connectivity index (χ2n) is 6.79. The molecule has 1 fully saturated rings. The van der Waals surface area contributed by atoms with Crippen molar-refractivity contribution in [2.45, 2.75) is 32.4 Å². The summed E-state index contributed by atoms with van der Waals surface area (Å²) in [5.41, 5.74) is 0. The van der Waals surface area contributed by atoms with Crippen LogP contribution in [0.4, 0.5) is 0 Å². The molecule has 1 aliphatic heterocycles. The summed E-state index contributed by atoms with van der Waals surface area (Å²) >= 11 is 0.